The van der Waals surface area contributed by atoms with Crippen LogP contribution in [0.2, 0.25) is 0 Å². The second-order valence-corrected chi connectivity index (χ2v) is 7.28. The first kappa shape index (κ1) is 17.4. The third-order valence-corrected chi connectivity index (χ3v) is 5.72. The van der Waals surface area contributed by atoms with Gasteiger partial charge in [-0.3, -0.25) is 9.69 Å². The molecule has 4 rings (SSSR count). The van der Waals surface area contributed by atoms with Gasteiger partial charge in [-0.05, 0) is 36.8 Å². The molecule has 0 spiro atoms. The number of aromatic amines is 1. The number of Topliss-reactive ketones (excluding diaryl/α,β-unsaturated/α-hetero) is 1. The Labute approximate surface area is 161 Å². The number of thioether (sulfide) groups is 1. The molecule has 1 atom stereocenters. The number of rotatable bonds is 3. The lowest BCUT2D eigenvalue weighted by Crippen LogP contribution is -2.39. The van der Waals surface area contributed by atoms with Gasteiger partial charge in [-0.15, -0.1) is 11.8 Å². The zero-order valence-electron chi connectivity index (χ0n) is 14.8. The van der Waals surface area contributed by atoms with Gasteiger partial charge in [-0.1, -0.05) is 12.1 Å². The van der Waals surface area contributed by atoms with Crippen LogP contribution >= 0.6 is 11.8 Å². The quantitative estimate of drug-likeness (QED) is 0.790. The Morgan fingerprint density at radius 3 is 2.74 bits per heavy atom. The van der Waals surface area contributed by atoms with E-state index in [-0.39, 0.29) is 5.78 Å². The van der Waals surface area contributed by atoms with Crippen molar-refractivity contribution in [1.29, 1.82) is 5.26 Å². The van der Waals surface area contributed by atoms with Crippen molar-refractivity contribution in [1.82, 2.24) is 15.2 Å². The second kappa shape index (κ2) is 6.93. The van der Waals surface area contributed by atoms with Crippen LogP contribution in [0.4, 0.5) is 5.95 Å². The zero-order chi connectivity index (χ0) is 19.0. The molecule has 1 aliphatic carbocycles. The summed E-state index contributed by atoms with van der Waals surface area (Å²) in [4.78, 5) is 19.9. The van der Waals surface area contributed by atoms with Gasteiger partial charge in [0, 0.05) is 22.6 Å². The average molecular weight is 378 g/mol. The molecule has 2 heterocycles. The third-order valence-electron chi connectivity index (χ3n) is 4.98. The first-order valence-electron chi connectivity index (χ1n) is 8.61. The summed E-state index contributed by atoms with van der Waals surface area (Å²) in [5.74, 6) is 0.313. The van der Waals surface area contributed by atoms with Crippen LogP contribution in [0.25, 0.3) is 0 Å². The summed E-state index contributed by atoms with van der Waals surface area (Å²) in [6, 6.07) is 10.2. The lowest BCUT2D eigenvalue weighted by Gasteiger charge is -2.38. The van der Waals surface area contributed by atoms with Crippen molar-refractivity contribution in [2.24, 2.45) is 5.73 Å². The minimum Gasteiger partial charge on any atom is -0.384 e. The van der Waals surface area contributed by atoms with Crippen LogP contribution in [-0.4, -0.2) is 27.2 Å². The molecule has 1 unspecified atom stereocenters. The fourth-order valence-electron chi connectivity index (χ4n) is 3.76. The SMILES string of the molecule is CSc1ccc(C2C(C#N)=C(N)N(c3ncn[nH]3)C3=C2C(=O)CCC3)cc1. The van der Waals surface area contributed by atoms with E-state index in [9.17, 15) is 10.1 Å². The van der Waals surface area contributed by atoms with Crippen LogP contribution < -0.4 is 10.6 Å². The summed E-state index contributed by atoms with van der Waals surface area (Å²) in [5, 5.41) is 16.6. The number of carbonyl (C=O) groups is 1. The molecule has 2 aliphatic rings. The number of H-pyrrole nitrogens is 1. The maximum atomic E-state index is 12.9. The largest absolute Gasteiger partial charge is 0.384 e. The van der Waals surface area contributed by atoms with Crippen molar-refractivity contribution in [3.8, 4) is 6.07 Å². The highest BCUT2D eigenvalue weighted by Crippen LogP contribution is 2.45. The van der Waals surface area contributed by atoms with Crippen LogP contribution in [0.3, 0.4) is 0 Å². The molecule has 1 aromatic carbocycles. The number of nitrogens with two attached hydrogens (primary N) is 1. The van der Waals surface area contributed by atoms with Gasteiger partial charge < -0.3 is 5.73 Å². The van der Waals surface area contributed by atoms with Crippen molar-refractivity contribution in [2.45, 2.75) is 30.1 Å². The van der Waals surface area contributed by atoms with Crippen molar-refractivity contribution in [3.05, 3.63) is 58.8 Å². The summed E-state index contributed by atoms with van der Waals surface area (Å²) < 4.78 is 0. The van der Waals surface area contributed by atoms with E-state index >= 15 is 0 Å². The van der Waals surface area contributed by atoms with Crippen molar-refractivity contribution in [2.75, 3.05) is 11.2 Å². The molecule has 0 radical (unpaired) electrons. The molecule has 0 saturated heterocycles. The Hall–Kier alpha value is -3.05. The molecular formula is C19H18N6OS. The molecule has 1 aliphatic heterocycles. The second-order valence-electron chi connectivity index (χ2n) is 6.40. The number of hydrogen-bond acceptors (Lipinski definition) is 7. The summed E-state index contributed by atoms with van der Waals surface area (Å²) in [7, 11) is 0. The van der Waals surface area contributed by atoms with Gasteiger partial charge in [0.15, 0.2) is 5.78 Å². The average Bonchev–Trinajstić information content (AvgIpc) is 3.21. The molecule has 7 nitrogen and oxygen atoms in total. The van der Waals surface area contributed by atoms with E-state index in [2.05, 4.69) is 21.3 Å². The van der Waals surface area contributed by atoms with E-state index in [1.807, 2.05) is 30.5 Å². The van der Waals surface area contributed by atoms with E-state index < -0.39 is 5.92 Å². The maximum Gasteiger partial charge on any atom is 0.231 e. The molecule has 3 N–H and O–H groups in total. The topological polar surface area (TPSA) is 112 Å². The maximum absolute atomic E-state index is 12.9. The lowest BCUT2D eigenvalue weighted by atomic mass is 9.76. The molecule has 1 aromatic heterocycles. The smallest absolute Gasteiger partial charge is 0.231 e. The number of hydrogen-bond donors (Lipinski definition) is 2. The zero-order valence-corrected chi connectivity index (χ0v) is 15.6. The van der Waals surface area contributed by atoms with E-state index in [1.165, 1.54) is 6.33 Å². The molecule has 2 aromatic rings. The molecule has 0 fully saturated rings. The first-order valence-corrected chi connectivity index (χ1v) is 9.83. The van der Waals surface area contributed by atoms with E-state index in [0.29, 0.717) is 35.8 Å². The predicted molar refractivity (Wildman–Crippen MR) is 103 cm³/mol. The Bertz CT molecular complexity index is 984. The predicted octanol–water partition coefficient (Wildman–Crippen LogP) is 2.83. The Morgan fingerprint density at radius 1 is 1.33 bits per heavy atom. The monoisotopic (exact) mass is 378 g/mol. The number of nitrogens with one attached hydrogen (secondary N) is 1. The standard InChI is InChI=1S/C19H18N6OS/c1-27-12-7-5-11(6-8-12)16-13(9-20)18(21)25(19-22-10-23-24-19)14-3-2-4-15(26)17(14)16/h5-8,10,16H,2-4,21H2,1H3,(H,22,23,24). The number of carbonyl (C=O) groups excluding carboxylic acids is 1. The summed E-state index contributed by atoms with van der Waals surface area (Å²) >= 11 is 1.65. The van der Waals surface area contributed by atoms with Crippen LogP contribution in [0.5, 0.6) is 0 Å². The fraction of sp³-hybridized carbons (Fsp3) is 0.263. The normalized spacial score (nSPS) is 19.9. The van der Waals surface area contributed by atoms with Gasteiger partial charge in [-0.25, -0.2) is 5.10 Å². The van der Waals surface area contributed by atoms with Gasteiger partial charge >= 0.3 is 0 Å². The number of allylic oxidation sites excluding steroid dienone is 3. The minimum absolute atomic E-state index is 0.0555. The highest BCUT2D eigenvalue weighted by molar-refractivity contribution is 7.98. The van der Waals surface area contributed by atoms with E-state index in [4.69, 9.17) is 5.73 Å². The Balaban J connectivity index is 1.93. The molecule has 27 heavy (non-hydrogen) atoms. The highest BCUT2D eigenvalue weighted by atomic mass is 32.2. The van der Waals surface area contributed by atoms with Gasteiger partial charge in [-0.2, -0.15) is 15.3 Å². The molecular weight excluding hydrogens is 360 g/mol. The van der Waals surface area contributed by atoms with Crippen LogP contribution in [0.15, 0.2) is 58.2 Å². The molecule has 0 saturated carbocycles. The van der Waals surface area contributed by atoms with Crippen molar-refractivity contribution in [3.63, 3.8) is 0 Å². The number of benzene rings is 1. The van der Waals surface area contributed by atoms with Crippen molar-refractivity contribution < 1.29 is 4.79 Å². The molecule has 0 amide bonds. The Morgan fingerprint density at radius 2 is 2.11 bits per heavy atom. The van der Waals surface area contributed by atoms with Crippen molar-refractivity contribution >= 4 is 23.5 Å². The Kier molecular flexibility index (Phi) is 4.46. The van der Waals surface area contributed by atoms with Gasteiger partial charge in [0.2, 0.25) is 5.95 Å². The van der Waals surface area contributed by atoms with Gasteiger partial charge in [0.1, 0.15) is 12.1 Å². The van der Waals surface area contributed by atoms with Gasteiger partial charge in [0.25, 0.3) is 0 Å². The van der Waals surface area contributed by atoms with Crippen LogP contribution in [0.1, 0.15) is 30.7 Å². The minimum atomic E-state index is -0.451. The summed E-state index contributed by atoms with van der Waals surface area (Å²) in [6.45, 7) is 0. The number of nitrogens with zero attached hydrogens (tertiary/aromatic N) is 4. The summed E-state index contributed by atoms with van der Waals surface area (Å²) in [6.07, 6.45) is 5.30. The lowest BCUT2D eigenvalue weighted by molar-refractivity contribution is -0.116. The van der Waals surface area contributed by atoms with Gasteiger partial charge in [0.05, 0.1) is 17.6 Å². The summed E-state index contributed by atoms with van der Waals surface area (Å²) in [5.41, 5.74) is 9.10. The number of anilines is 1. The molecule has 136 valence electrons. The van der Waals surface area contributed by atoms with E-state index in [1.54, 1.807) is 16.7 Å². The number of nitriles is 1. The molecule has 8 heteroatoms. The fourth-order valence-corrected chi connectivity index (χ4v) is 4.17. The first-order chi connectivity index (χ1) is 13.2. The number of ketones is 1. The van der Waals surface area contributed by atoms with Crippen LogP contribution in [-0.2, 0) is 4.79 Å². The van der Waals surface area contributed by atoms with E-state index in [0.717, 1.165) is 22.6 Å². The number of aromatic nitrogens is 3. The van der Waals surface area contributed by atoms with Crippen LogP contribution in [0, 0.1) is 11.3 Å². The molecule has 0 bridgehead atoms. The highest BCUT2D eigenvalue weighted by Gasteiger charge is 2.40. The third kappa shape index (κ3) is 2.80.